The van der Waals surface area contributed by atoms with E-state index in [9.17, 15) is 9.59 Å². The number of Topliss-reactive ketones (excluding diaryl/α,β-unsaturated/α-hetero) is 1. The van der Waals surface area contributed by atoms with Gasteiger partial charge in [0.2, 0.25) is 5.91 Å². The lowest BCUT2D eigenvalue weighted by Crippen LogP contribution is -2.52. The molecule has 0 aromatic heterocycles. The summed E-state index contributed by atoms with van der Waals surface area (Å²) in [5, 5.41) is 8.80. The lowest BCUT2D eigenvalue weighted by molar-refractivity contribution is -0.146. The first-order valence-electron chi connectivity index (χ1n) is 5.84. The van der Waals surface area contributed by atoms with Crippen LogP contribution in [0, 0.1) is 5.92 Å². The number of nitrogens with zero attached hydrogens (tertiary/aromatic N) is 2. The quantitative estimate of drug-likeness (QED) is 0.677. The average Bonchev–Trinajstić information content (AvgIpc) is 2.25. The zero-order chi connectivity index (χ0) is 11.5. The minimum Gasteiger partial charge on any atom is -0.395 e. The molecule has 5 heteroatoms. The molecule has 2 aliphatic rings. The number of rotatable bonds is 3. The van der Waals surface area contributed by atoms with Crippen LogP contribution in [-0.2, 0) is 9.59 Å². The molecular formula is C11H18N2O3. The van der Waals surface area contributed by atoms with Gasteiger partial charge in [0, 0.05) is 45.6 Å². The highest BCUT2D eigenvalue weighted by atomic mass is 16.3. The number of piperazine rings is 1. The molecule has 2 rings (SSSR count). The Hall–Kier alpha value is -0.940. The molecule has 90 valence electrons. The molecule has 1 heterocycles. The maximum atomic E-state index is 11.9. The molecule has 0 unspecified atom stereocenters. The monoisotopic (exact) mass is 226 g/mol. The van der Waals surface area contributed by atoms with Crippen LogP contribution in [0.5, 0.6) is 0 Å². The van der Waals surface area contributed by atoms with Gasteiger partial charge in [0.05, 0.1) is 12.5 Å². The second-order valence-corrected chi connectivity index (χ2v) is 4.53. The molecule has 16 heavy (non-hydrogen) atoms. The standard InChI is InChI=1S/C11H18N2O3/c14-6-5-12-1-3-13(4-2-12)11(16)9-7-10(15)8-9/h9,14H,1-8H2. The number of ketones is 1. The van der Waals surface area contributed by atoms with E-state index in [4.69, 9.17) is 5.11 Å². The van der Waals surface area contributed by atoms with E-state index in [0.717, 1.165) is 26.2 Å². The van der Waals surface area contributed by atoms with E-state index in [1.54, 1.807) is 0 Å². The first-order valence-corrected chi connectivity index (χ1v) is 5.84. The number of β-amino-alcohol motifs (C(OH)–C–C–N with tert-alkyl or cyclic N) is 1. The summed E-state index contributed by atoms with van der Waals surface area (Å²) in [6, 6.07) is 0. The van der Waals surface area contributed by atoms with Gasteiger partial charge in [-0.1, -0.05) is 0 Å². The van der Waals surface area contributed by atoms with Crippen LogP contribution in [0.15, 0.2) is 0 Å². The van der Waals surface area contributed by atoms with Crippen LogP contribution in [0.25, 0.3) is 0 Å². The topological polar surface area (TPSA) is 60.9 Å². The number of carbonyl (C=O) groups is 2. The maximum absolute atomic E-state index is 11.9. The molecule has 0 atom stereocenters. The fourth-order valence-corrected chi connectivity index (χ4v) is 2.26. The van der Waals surface area contributed by atoms with Crippen molar-refractivity contribution in [1.29, 1.82) is 0 Å². The Bertz CT molecular complexity index is 277. The molecule has 1 amide bonds. The van der Waals surface area contributed by atoms with Crippen molar-refractivity contribution in [3.05, 3.63) is 0 Å². The van der Waals surface area contributed by atoms with Crippen LogP contribution in [0.3, 0.4) is 0 Å². The molecule has 5 nitrogen and oxygen atoms in total. The fraction of sp³-hybridized carbons (Fsp3) is 0.818. The third-order valence-electron chi connectivity index (χ3n) is 3.40. The van der Waals surface area contributed by atoms with Gasteiger partial charge < -0.3 is 10.0 Å². The maximum Gasteiger partial charge on any atom is 0.226 e. The normalized spacial score (nSPS) is 23.3. The van der Waals surface area contributed by atoms with Crippen LogP contribution in [0.4, 0.5) is 0 Å². The summed E-state index contributed by atoms with van der Waals surface area (Å²) in [7, 11) is 0. The van der Waals surface area contributed by atoms with Crippen molar-refractivity contribution in [2.75, 3.05) is 39.3 Å². The Morgan fingerprint density at radius 1 is 1.25 bits per heavy atom. The molecule has 1 saturated heterocycles. The minimum absolute atomic E-state index is 0.0445. The van der Waals surface area contributed by atoms with Crippen molar-refractivity contribution in [2.45, 2.75) is 12.8 Å². The summed E-state index contributed by atoms with van der Waals surface area (Å²) in [6.07, 6.45) is 0.880. The molecule has 0 bridgehead atoms. The van der Waals surface area contributed by atoms with E-state index in [0.29, 0.717) is 19.4 Å². The van der Waals surface area contributed by atoms with Gasteiger partial charge in [0.25, 0.3) is 0 Å². The predicted octanol–water partition coefficient (Wildman–Crippen LogP) is -0.898. The fourth-order valence-electron chi connectivity index (χ4n) is 2.26. The second kappa shape index (κ2) is 4.93. The highest BCUT2D eigenvalue weighted by molar-refractivity contribution is 5.96. The smallest absolute Gasteiger partial charge is 0.226 e. The molecule has 0 aromatic carbocycles. The Kier molecular flexibility index (Phi) is 3.56. The van der Waals surface area contributed by atoms with Crippen molar-refractivity contribution in [1.82, 2.24) is 9.80 Å². The Balaban J connectivity index is 1.76. The van der Waals surface area contributed by atoms with E-state index in [1.165, 1.54) is 0 Å². The summed E-state index contributed by atoms with van der Waals surface area (Å²) < 4.78 is 0. The van der Waals surface area contributed by atoms with Crippen LogP contribution in [-0.4, -0.2) is 65.9 Å². The number of hydrogen-bond donors (Lipinski definition) is 1. The summed E-state index contributed by atoms with van der Waals surface area (Å²) >= 11 is 0. The first-order chi connectivity index (χ1) is 7.70. The predicted molar refractivity (Wildman–Crippen MR) is 57.8 cm³/mol. The highest BCUT2D eigenvalue weighted by Gasteiger charge is 2.36. The zero-order valence-corrected chi connectivity index (χ0v) is 9.39. The minimum atomic E-state index is -0.0445. The summed E-state index contributed by atoms with van der Waals surface area (Å²) in [5.41, 5.74) is 0. The molecule has 0 radical (unpaired) electrons. The van der Waals surface area contributed by atoms with E-state index in [-0.39, 0.29) is 24.2 Å². The average molecular weight is 226 g/mol. The van der Waals surface area contributed by atoms with Gasteiger partial charge in [-0.3, -0.25) is 14.5 Å². The number of amides is 1. The summed E-state index contributed by atoms with van der Waals surface area (Å²) in [6.45, 7) is 3.96. The third kappa shape index (κ3) is 2.41. The first kappa shape index (κ1) is 11.5. The number of aliphatic hydroxyl groups is 1. The lowest BCUT2D eigenvalue weighted by Gasteiger charge is -2.37. The van der Waals surface area contributed by atoms with Crippen molar-refractivity contribution in [3.8, 4) is 0 Å². The largest absolute Gasteiger partial charge is 0.395 e. The van der Waals surface area contributed by atoms with Crippen LogP contribution >= 0.6 is 0 Å². The van der Waals surface area contributed by atoms with Crippen LogP contribution in [0.2, 0.25) is 0 Å². The zero-order valence-electron chi connectivity index (χ0n) is 9.39. The van der Waals surface area contributed by atoms with Gasteiger partial charge in [0.15, 0.2) is 0 Å². The Labute approximate surface area is 95.0 Å². The van der Waals surface area contributed by atoms with Crippen LogP contribution in [0.1, 0.15) is 12.8 Å². The van der Waals surface area contributed by atoms with Crippen molar-refractivity contribution in [2.24, 2.45) is 5.92 Å². The summed E-state index contributed by atoms with van der Waals surface area (Å²) in [5.74, 6) is 0.303. The molecule has 1 aliphatic carbocycles. The van der Waals surface area contributed by atoms with Gasteiger partial charge >= 0.3 is 0 Å². The van der Waals surface area contributed by atoms with Crippen molar-refractivity contribution in [3.63, 3.8) is 0 Å². The Morgan fingerprint density at radius 3 is 2.38 bits per heavy atom. The van der Waals surface area contributed by atoms with Gasteiger partial charge in [-0.05, 0) is 0 Å². The molecule has 1 aliphatic heterocycles. The highest BCUT2D eigenvalue weighted by Crippen LogP contribution is 2.25. The lowest BCUT2D eigenvalue weighted by atomic mass is 9.83. The molecule has 0 aromatic rings. The van der Waals surface area contributed by atoms with E-state index < -0.39 is 0 Å². The van der Waals surface area contributed by atoms with E-state index in [1.807, 2.05) is 4.90 Å². The molecule has 2 fully saturated rings. The van der Waals surface area contributed by atoms with Gasteiger partial charge in [-0.2, -0.15) is 0 Å². The van der Waals surface area contributed by atoms with E-state index in [2.05, 4.69) is 4.90 Å². The van der Waals surface area contributed by atoms with Gasteiger partial charge in [0.1, 0.15) is 5.78 Å². The molecule has 1 N–H and O–H groups in total. The van der Waals surface area contributed by atoms with E-state index >= 15 is 0 Å². The van der Waals surface area contributed by atoms with Crippen LogP contribution < -0.4 is 0 Å². The number of hydrogen-bond acceptors (Lipinski definition) is 4. The van der Waals surface area contributed by atoms with Gasteiger partial charge in [-0.25, -0.2) is 0 Å². The molecule has 1 saturated carbocycles. The Morgan fingerprint density at radius 2 is 1.88 bits per heavy atom. The van der Waals surface area contributed by atoms with Crippen molar-refractivity contribution >= 4 is 11.7 Å². The second-order valence-electron chi connectivity index (χ2n) is 4.53. The molecular weight excluding hydrogens is 208 g/mol. The SMILES string of the molecule is O=C1CC(C(=O)N2CCN(CCO)CC2)C1. The third-order valence-corrected chi connectivity index (χ3v) is 3.40. The molecule has 0 spiro atoms. The van der Waals surface area contributed by atoms with Gasteiger partial charge in [-0.15, -0.1) is 0 Å². The number of aliphatic hydroxyl groups excluding tert-OH is 1. The number of carbonyl (C=O) groups excluding carboxylic acids is 2. The van der Waals surface area contributed by atoms with Crippen molar-refractivity contribution < 1.29 is 14.7 Å². The summed E-state index contributed by atoms with van der Waals surface area (Å²) in [4.78, 5) is 26.7.